The monoisotopic (exact) mass is 342 g/mol. The molecule has 0 amide bonds. The summed E-state index contributed by atoms with van der Waals surface area (Å²) in [5, 5.41) is 10.4. The fraction of sp³-hybridized carbons (Fsp3) is 0.500. The number of H-pyrrole nitrogens is 1. The maximum absolute atomic E-state index is 12.1. The molecule has 0 fully saturated rings. The number of nitrogens with one attached hydrogen (secondary N) is 2. The Morgan fingerprint density at radius 3 is 2.46 bits per heavy atom. The van der Waals surface area contributed by atoms with Crippen molar-refractivity contribution in [3.63, 3.8) is 0 Å². The third kappa shape index (κ3) is 5.52. The van der Waals surface area contributed by atoms with Crippen molar-refractivity contribution >= 4 is 0 Å². The molecule has 2 heterocycles. The molecule has 2 aromatic heterocycles. The summed E-state index contributed by atoms with van der Waals surface area (Å²) in [6.07, 6.45) is -1.07. The highest BCUT2D eigenvalue weighted by Crippen LogP contribution is 2.23. The Hall–Kier alpha value is -2.09. The number of alkyl halides is 3. The summed E-state index contributed by atoms with van der Waals surface area (Å²) in [6, 6.07) is 3.12. The summed E-state index contributed by atoms with van der Waals surface area (Å²) < 4.78 is 40.8. The summed E-state index contributed by atoms with van der Waals surface area (Å²) in [7, 11) is 0. The van der Waals surface area contributed by atoms with Crippen molar-refractivity contribution in [2.45, 2.75) is 45.5 Å². The van der Waals surface area contributed by atoms with Gasteiger partial charge in [0.1, 0.15) is 0 Å². The Bertz CT molecular complexity index is 645. The van der Waals surface area contributed by atoms with Gasteiger partial charge in [-0.2, -0.15) is 18.3 Å². The Morgan fingerprint density at radius 1 is 1.12 bits per heavy atom. The number of aromatic amines is 1. The van der Waals surface area contributed by atoms with E-state index in [9.17, 15) is 13.2 Å². The second-order valence-corrected chi connectivity index (χ2v) is 6.53. The fourth-order valence-corrected chi connectivity index (χ4v) is 2.19. The normalized spacial score (nSPS) is 12.4. The molecule has 0 atom stereocenters. The molecule has 5 nitrogen and oxygen atoms in total. The van der Waals surface area contributed by atoms with Gasteiger partial charge in [-0.1, -0.05) is 26.8 Å². The van der Waals surface area contributed by atoms with Crippen LogP contribution in [0.2, 0.25) is 0 Å². The fourth-order valence-electron chi connectivity index (χ4n) is 2.19. The maximum Gasteiger partial charge on any atom is 0.422 e. The van der Waals surface area contributed by atoms with Gasteiger partial charge in [0, 0.05) is 42.0 Å². The van der Waals surface area contributed by atoms with E-state index < -0.39 is 12.8 Å². The molecule has 0 bridgehead atoms. The van der Waals surface area contributed by atoms with Crippen molar-refractivity contribution in [1.82, 2.24) is 20.5 Å². The van der Waals surface area contributed by atoms with Crippen LogP contribution in [0.25, 0.3) is 0 Å². The zero-order valence-electron chi connectivity index (χ0n) is 13.9. The molecule has 0 radical (unpaired) electrons. The van der Waals surface area contributed by atoms with Gasteiger partial charge < -0.3 is 10.1 Å². The van der Waals surface area contributed by atoms with Crippen LogP contribution in [0, 0.1) is 0 Å². The van der Waals surface area contributed by atoms with E-state index >= 15 is 0 Å². The summed E-state index contributed by atoms with van der Waals surface area (Å²) >= 11 is 0. The number of hydrogen-bond acceptors (Lipinski definition) is 4. The quantitative estimate of drug-likeness (QED) is 0.845. The Kier molecular flexibility index (Phi) is 5.48. The molecular formula is C16H21F3N4O. The molecule has 24 heavy (non-hydrogen) atoms. The summed E-state index contributed by atoms with van der Waals surface area (Å²) in [5.74, 6) is -0.0408. The van der Waals surface area contributed by atoms with Crippen molar-refractivity contribution in [2.75, 3.05) is 6.61 Å². The van der Waals surface area contributed by atoms with E-state index in [1.165, 1.54) is 12.3 Å². The van der Waals surface area contributed by atoms with Gasteiger partial charge in [-0.05, 0) is 5.56 Å². The predicted octanol–water partition coefficient (Wildman–Crippen LogP) is 3.33. The Morgan fingerprint density at radius 2 is 1.88 bits per heavy atom. The molecular weight excluding hydrogens is 321 g/mol. The van der Waals surface area contributed by atoms with Gasteiger partial charge in [-0.3, -0.25) is 5.10 Å². The second-order valence-electron chi connectivity index (χ2n) is 6.53. The minimum absolute atomic E-state index is 0.0213. The standard InChI is InChI=1S/C16H21F3N4O/c1-15(2,3)14-12(9-22-23-14)8-20-6-11-4-5-13(21-7-11)24-10-16(17,18)19/h4-5,7,9,20H,6,8,10H2,1-3H3,(H,22,23). The summed E-state index contributed by atoms with van der Waals surface area (Å²) in [5.41, 5.74) is 2.99. The first-order valence-corrected chi connectivity index (χ1v) is 7.53. The van der Waals surface area contributed by atoms with Gasteiger partial charge >= 0.3 is 6.18 Å². The number of hydrogen-bond donors (Lipinski definition) is 2. The van der Waals surface area contributed by atoms with Gasteiger partial charge in [0.05, 0.1) is 6.20 Å². The molecule has 2 rings (SSSR count). The van der Waals surface area contributed by atoms with Crippen LogP contribution in [0.15, 0.2) is 24.5 Å². The Balaban J connectivity index is 1.84. The zero-order valence-corrected chi connectivity index (χ0v) is 13.9. The second kappa shape index (κ2) is 7.21. The molecule has 8 heteroatoms. The lowest BCUT2D eigenvalue weighted by molar-refractivity contribution is -0.154. The highest BCUT2D eigenvalue weighted by atomic mass is 19.4. The van der Waals surface area contributed by atoms with Crippen LogP contribution in [-0.4, -0.2) is 28.0 Å². The number of pyridine rings is 1. The largest absolute Gasteiger partial charge is 0.468 e. The van der Waals surface area contributed by atoms with E-state index in [-0.39, 0.29) is 11.3 Å². The molecule has 0 aromatic carbocycles. The number of rotatable bonds is 6. The molecule has 0 spiro atoms. The van der Waals surface area contributed by atoms with E-state index in [4.69, 9.17) is 0 Å². The van der Waals surface area contributed by atoms with E-state index in [0.29, 0.717) is 13.1 Å². The van der Waals surface area contributed by atoms with Crippen molar-refractivity contribution in [3.05, 3.63) is 41.3 Å². The lowest BCUT2D eigenvalue weighted by atomic mass is 9.89. The molecule has 0 saturated heterocycles. The van der Waals surface area contributed by atoms with Crippen LogP contribution in [-0.2, 0) is 18.5 Å². The van der Waals surface area contributed by atoms with Crippen molar-refractivity contribution < 1.29 is 17.9 Å². The van der Waals surface area contributed by atoms with E-state index in [0.717, 1.165) is 16.8 Å². The van der Waals surface area contributed by atoms with Crippen LogP contribution in [0.3, 0.4) is 0 Å². The molecule has 132 valence electrons. The van der Waals surface area contributed by atoms with Crippen molar-refractivity contribution in [2.24, 2.45) is 0 Å². The third-order valence-electron chi connectivity index (χ3n) is 3.29. The molecule has 0 aliphatic heterocycles. The molecule has 0 saturated carbocycles. The van der Waals surface area contributed by atoms with Crippen molar-refractivity contribution in [3.8, 4) is 5.88 Å². The van der Waals surface area contributed by atoms with E-state index in [1.54, 1.807) is 12.3 Å². The first-order chi connectivity index (χ1) is 11.1. The first-order valence-electron chi connectivity index (χ1n) is 7.53. The van der Waals surface area contributed by atoms with Crippen LogP contribution < -0.4 is 10.1 Å². The smallest absolute Gasteiger partial charge is 0.422 e. The van der Waals surface area contributed by atoms with E-state index in [1.807, 2.05) is 0 Å². The molecule has 2 aromatic rings. The van der Waals surface area contributed by atoms with Crippen molar-refractivity contribution in [1.29, 1.82) is 0 Å². The minimum atomic E-state index is -4.36. The van der Waals surface area contributed by atoms with Crippen LogP contribution in [0.1, 0.15) is 37.6 Å². The van der Waals surface area contributed by atoms with Crippen LogP contribution in [0.4, 0.5) is 13.2 Å². The average Bonchev–Trinajstić information content (AvgIpc) is 2.94. The van der Waals surface area contributed by atoms with Gasteiger partial charge in [-0.15, -0.1) is 0 Å². The summed E-state index contributed by atoms with van der Waals surface area (Å²) in [6.45, 7) is 6.15. The molecule has 2 N–H and O–H groups in total. The number of aromatic nitrogens is 3. The molecule has 0 aliphatic carbocycles. The van der Waals surface area contributed by atoms with Crippen LogP contribution >= 0.6 is 0 Å². The highest BCUT2D eigenvalue weighted by molar-refractivity contribution is 5.23. The first kappa shape index (κ1) is 18.3. The van der Waals surface area contributed by atoms with E-state index in [2.05, 4.69) is 46.0 Å². The zero-order chi connectivity index (χ0) is 17.8. The molecule has 0 aliphatic rings. The highest BCUT2D eigenvalue weighted by Gasteiger charge is 2.28. The average molecular weight is 342 g/mol. The predicted molar refractivity (Wildman–Crippen MR) is 83.6 cm³/mol. The maximum atomic E-state index is 12.1. The molecule has 0 unspecified atom stereocenters. The van der Waals surface area contributed by atoms with Gasteiger partial charge in [0.15, 0.2) is 6.61 Å². The number of ether oxygens (including phenoxy) is 1. The topological polar surface area (TPSA) is 62.8 Å². The van der Waals surface area contributed by atoms with Gasteiger partial charge in [0.25, 0.3) is 0 Å². The minimum Gasteiger partial charge on any atom is -0.468 e. The van der Waals surface area contributed by atoms with Gasteiger partial charge in [0.2, 0.25) is 5.88 Å². The Labute approximate surface area is 138 Å². The number of nitrogens with zero attached hydrogens (tertiary/aromatic N) is 2. The lowest BCUT2D eigenvalue weighted by Gasteiger charge is -2.18. The SMILES string of the molecule is CC(C)(C)c1[nH]ncc1CNCc1ccc(OCC(F)(F)F)nc1. The van der Waals surface area contributed by atoms with Gasteiger partial charge in [-0.25, -0.2) is 4.98 Å². The lowest BCUT2D eigenvalue weighted by Crippen LogP contribution is -2.20. The third-order valence-corrected chi connectivity index (χ3v) is 3.29. The summed E-state index contributed by atoms with van der Waals surface area (Å²) in [4.78, 5) is 3.87. The van der Waals surface area contributed by atoms with Crippen LogP contribution in [0.5, 0.6) is 5.88 Å². The number of halogens is 3.